The molecule has 0 aliphatic carbocycles. The first-order chi connectivity index (χ1) is 29.1. The number of methoxy groups -OCH3 is 1. The lowest BCUT2D eigenvalue weighted by Crippen LogP contribution is -2.61. The molecule has 0 bridgehead atoms. The van der Waals surface area contributed by atoms with E-state index in [0.29, 0.717) is 24.4 Å². The van der Waals surface area contributed by atoms with Crippen LogP contribution in [0.3, 0.4) is 0 Å². The van der Waals surface area contributed by atoms with E-state index >= 15 is 0 Å². The molecule has 17 heteroatoms. The largest absolute Gasteiger partial charge is 0.458 e. The Bertz CT molecular complexity index is 1770. The summed E-state index contributed by atoms with van der Waals surface area (Å²) in [6, 6.07) is 6.07. The summed E-state index contributed by atoms with van der Waals surface area (Å²) >= 11 is 6.14. The van der Waals surface area contributed by atoms with E-state index in [1.807, 2.05) is 37.9 Å². The molecule has 0 saturated carbocycles. The van der Waals surface area contributed by atoms with Crippen molar-refractivity contribution in [3.63, 3.8) is 0 Å². The zero-order chi connectivity index (χ0) is 46.0. The number of carbonyl (C=O) groups is 5. The number of rotatable bonds is 10. The van der Waals surface area contributed by atoms with Gasteiger partial charge in [-0.05, 0) is 91.6 Å². The van der Waals surface area contributed by atoms with Gasteiger partial charge in [-0.2, -0.15) is 0 Å². The van der Waals surface area contributed by atoms with E-state index in [1.54, 1.807) is 72.4 Å². The fraction of sp³-hybridized carbons (Fsp3) is 0.756. The summed E-state index contributed by atoms with van der Waals surface area (Å²) in [6.07, 6.45) is -8.10. The number of halogens is 1. The molecule has 4 saturated heterocycles. The number of aliphatic hydroxyl groups excluding tert-OH is 1. The Morgan fingerprint density at radius 3 is 2.21 bits per heavy atom. The number of ketones is 1. The Labute approximate surface area is 371 Å². The fourth-order valence-electron chi connectivity index (χ4n) is 10.1. The number of benzene rings is 1. The van der Waals surface area contributed by atoms with E-state index in [0.717, 1.165) is 10.5 Å². The summed E-state index contributed by atoms with van der Waals surface area (Å²) in [4.78, 5) is 74.6. The fourth-order valence-corrected chi connectivity index (χ4v) is 10.2. The van der Waals surface area contributed by atoms with Gasteiger partial charge < -0.3 is 43.2 Å². The second-order valence-corrected chi connectivity index (χ2v) is 18.7. The number of imide groups is 1. The first-order valence-corrected chi connectivity index (χ1v) is 22.4. The molecule has 1 aromatic rings. The lowest BCUT2D eigenvalue weighted by atomic mass is 9.73. The van der Waals surface area contributed by atoms with E-state index in [1.165, 1.54) is 7.11 Å². The van der Waals surface area contributed by atoms with Crippen LogP contribution in [0.1, 0.15) is 94.1 Å². The van der Waals surface area contributed by atoms with Crippen molar-refractivity contribution in [2.75, 3.05) is 33.8 Å². The minimum absolute atomic E-state index is 0.0635. The third-order valence-corrected chi connectivity index (χ3v) is 14.0. The SMILES string of the molecule is CC[C@H]1OC(=O)[C@H](C)[C@@H](OC(=O)N2CC(C)OC2=O)[C@H](C)[C@@H](O[C@@H]2O[C@H](C)C[C@H](N(C)CC)[C@H]2O)[C@@](C)(OC)C[C@@H](C)C(=O)[C@@H](C)[C@H]2N(CCc3ccc(Cl)cc3)C(=O)O[C@]12C. The van der Waals surface area contributed by atoms with E-state index in [-0.39, 0.29) is 43.9 Å². The van der Waals surface area contributed by atoms with Crippen LogP contribution in [0.2, 0.25) is 5.02 Å². The van der Waals surface area contributed by atoms with Crippen molar-refractivity contribution < 1.29 is 62.2 Å². The predicted molar refractivity (Wildman–Crippen MR) is 227 cm³/mol. The molecule has 1 aromatic carbocycles. The monoisotopic (exact) mass is 893 g/mol. The Hall–Kier alpha value is -3.54. The maximum absolute atomic E-state index is 14.9. The molecule has 4 aliphatic rings. The lowest BCUT2D eigenvalue weighted by molar-refractivity contribution is -0.301. The molecule has 1 N–H and O–H groups in total. The number of fused-ring (bicyclic) bond motifs is 1. The number of cyclic esters (lactones) is 2. The highest BCUT2D eigenvalue weighted by atomic mass is 35.5. The molecule has 0 spiro atoms. The molecule has 15 atom stereocenters. The molecule has 62 heavy (non-hydrogen) atoms. The number of hydrogen-bond acceptors (Lipinski definition) is 14. The summed E-state index contributed by atoms with van der Waals surface area (Å²) in [5, 5.41) is 12.4. The predicted octanol–water partition coefficient (Wildman–Crippen LogP) is 6.25. The van der Waals surface area contributed by atoms with Crippen LogP contribution >= 0.6 is 11.6 Å². The van der Waals surface area contributed by atoms with Gasteiger partial charge in [0.25, 0.3) is 0 Å². The topological polar surface area (TPSA) is 180 Å². The molecule has 0 radical (unpaired) electrons. The quantitative estimate of drug-likeness (QED) is 0.206. The van der Waals surface area contributed by atoms with E-state index < -0.39 is 102 Å². The van der Waals surface area contributed by atoms with E-state index in [2.05, 4.69) is 0 Å². The summed E-state index contributed by atoms with van der Waals surface area (Å²) in [7, 11) is 3.39. The van der Waals surface area contributed by atoms with Gasteiger partial charge >= 0.3 is 24.2 Å². The molecule has 16 nitrogen and oxygen atoms in total. The molecule has 1 unspecified atom stereocenters. The van der Waals surface area contributed by atoms with Crippen LogP contribution in [0.5, 0.6) is 0 Å². The third-order valence-electron chi connectivity index (χ3n) is 13.7. The minimum atomic E-state index is -1.49. The summed E-state index contributed by atoms with van der Waals surface area (Å²) in [5.41, 5.74) is -1.94. The minimum Gasteiger partial charge on any atom is -0.458 e. The molecule has 4 fully saturated rings. The molecular weight excluding hydrogens is 826 g/mol. The highest BCUT2D eigenvalue weighted by Crippen LogP contribution is 2.44. The highest BCUT2D eigenvalue weighted by molar-refractivity contribution is 6.30. The Morgan fingerprint density at radius 2 is 1.63 bits per heavy atom. The third kappa shape index (κ3) is 10.2. The van der Waals surface area contributed by atoms with Crippen LogP contribution in [-0.2, 0) is 49.2 Å². The van der Waals surface area contributed by atoms with Crippen molar-refractivity contribution in [1.29, 1.82) is 0 Å². The second kappa shape index (κ2) is 20.1. The number of likely N-dealkylation sites (N-methyl/N-ethyl adjacent to an activating group) is 1. The van der Waals surface area contributed by atoms with Gasteiger partial charge in [0.05, 0.1) is 36.3 Å². The van der Waals surface area contributed by atoms with Gasteiger partial charge in [0.2, 0.25) is 0 Å². The van der Waals surface area contributed by atoms with Gasteiger partial charge in [-0.15, -0.1) is 0 Å². The summed E-state index contributed by atoms with van der Waals surface area (Å²) < 4.78 is 43.4. The van der Waals surface area contributed by atoms with Gasteiger partial charge in [0, 0.05) is 42.5 Å². The van der Waals surface area contributed by atoms with Crippen LogP contribution in [-0.4, -0.2) is 150 Å². The van der Waals surface area contributed by atoms with E-state index in [4.69, 9.17) is 44.8 Å². The molecule has 3 amide bonds. The maximum Gasteiger partial charge on any atom is 0.419 e. The smallest absolute Gasteiger partial charge is 0.419 e. The number of ether oxygens (including phenoxy) is 7. The molecule has 4 heterocycles. The Kier molecular flexibility index (Phi) is 16.0. The first-order valence-electron chi connectivity index (χ1n) is 22.0. The van der Waals surface area contributed by atoms with E-state index in [9.17, 15) is 29.1 Å². The first kappa shape index (κ1) is 49.5. The zero-order valence-corrected chi connectivity index (χ0v) is 39.1. The summed E-state index contributed by atoms with van der Waals surface area (Å²) in [5.74, 6) is -4.66. The van der Waals surface area contributed by atoms with Gasteiger partial charge in [-0.25, -0.2) is 19.3 Å². The summed E-state index contributed by atoms with van der Waals surface area (Å²) in [6.45, 7) is 18.4. The van der Waals surface area contributed by atoms with Crippen molar-refractivity contribution in [1.82, 2.24) is 14.7 Å². The zero-order valence-electron chi connectivity index (χ0n) is 38.3. The number of carbonyl (C=O) groups excluding carboxylic acids is 5. The number of Topliss-reactive ketones (excluding diaryl/α,β-unsaturated/α-hetero) is 1. The number of aliphatic hydroxyl groups is 1. The number of hydrogen-bond donors (Lipinski definition) is 1. The van der Waals surface area contributed by atoms with Crippen molar-refractivity contribution >= 4 is 41.6 Å². The number of amides is 3. The molecule has 348 valence electrons. The maximum atomic E-state index is 14.9. The van der Waals surface area contributed by atoms with Crippen LogP contribution < -0.4 is 0 Å². The second-order valence-electron chi connectivity index (χ2n) is 18.3. The van der Waals surface area contributed by atoms with Crippen LogP contribution in [0.4, 0.5) is 14.4 Å². The van der Waals surface area contributed by atoms with Crippen LogP contribution in [0.15, 0.2) is 24.3 Å². The van der Waals surface area contributed by atoms with Gasteiger partial charge in [-0.1, -0.05) is 58.4 Å². The normalized spacial score (nSPS) is 38.6. The van der Waals surface area contributed by atoms with Crippen molar-refractivity contribution in [3.8, 4) is 0 Å². The molecule has 0 aromatic heterocycles. The average molecular weight is 894 g/mol. The van der Waals surface area contributed by atoms with Crippen molar-refractivity contribution in [2.24, 2.45) is 23.7 Å². The standard InChI is InChI=1S/C45H68ClN3O13/c1-13-33-45(10)37(48(43(55)62-45)20-19-30-15-17-31(46)18-16-30)27(6)34(50)24(3)22-44(9,56-12)38(61-40-35(51)32(47(11)14-2)21-25(4)57-40)28(7)36(29(8)39(52)59-33)60-42(54)49-23-26(5)58-41(49)53/h15-18,24-29,32-33,35-38,40,51H,13-14,19-23H2,1-12H3/t24-,25-,26?,27-,28+,29-,32+,33-,35-,36+,37-,38-,40+,44+,45-/m1/s1. The van der Waals surface area contributed by atoms with Gasteiger partial charge in [0.15, 0.2) is 11.9 Å². The lowest BCUT2D eigenvalue weighted by Gasteiger charge is -2.48. The molecule has 5 rings (SSSR count). The van der Waals surface area contributed by atoms with Crippen molar-refractivity contribution in [2.45, 2.75) is 161 Å². The highest BCUT2D eigenvalue weighted by Gasteiger charge is 2.60. The van der Waals surface area contributed by atoms with Gasteiger partial charge in [0.1, 0.15) is 30.2 Å². The number of esters is 1. The van der Waals surface area contributed by atoms with Crippen LogP contribution in [0, 0.1) is 23.7 Å². The molecular formula is C45H68ClN3O13. The molecule has 4 aliphatic heterocycles. The van der Waals surface area contributed by atoms with Crippen molar-refractivity contribution in [3.05, 3.63) is 34.9 Å². The number of nitrogens with zero attached hydrogens (tertiary/aromatic N) is 3. The van der Waals surface area contributed by atoms with Crippen LogP contribution in [0.25, 0.3) is 0 Å². The average Bonchev–Trinajstić information content (AvgIpc) is 3.72. The Morgan fingerprint density at radius 1 is 0.968 bits per heavy atom. The van der Waals surface area contributed by atoms with Gasteiger partial charge in [-0.3, -0.25) is 14.5 Å². The Balaban J connectivity index is 1.62.